The van der Waals surface area contributed by atoms with Gasteiger partial charge in [0.25, 0.3) is 0 Å². The number of benzene rings is 1. The van der Waals surface area contributed by atoms with Gasteiger partial charge in [-0.3, -0.25) is 4.79 Å². The number of hydrogen-bond acceptors (Lipinski definition) is 3. The molecule has 138 valence electrons. The highest BCUT2D eigenvalue weighted by Gasteiger charge is 2.30. The fraction of sp³-hybridized carbons (Fsp3) is 0.611. The van der Waals surface area contributed by atoms with Crippen molar-refractivity contribution >= 4 is 27.5 Å². The third kappa shape index (κ3) is 4.54. The Labute approximate surface area is 155 Å². The smallest absolute Gasteiger partial charge is 0.243 e. The van der Waals surface area contributed by atoms with Crippen molar-refractivity contribution in [3.05, 3.63) is 29.3 Å². The number of amides is 1. The lowest BCUT2D eigenvalue weighted by Gasteiger charge is -2.34. The van der Waals surface area contributed by atoms with Crippen LogP contribution in [0.5, 0.6) is 0 Å². The van der Waals surface area contributed by atoms with Crippen molar-refractivity contribution in [3.63, 3.8) is 0 Å². The molecule has 2 fully saturated rings. The topological polar surface area (TPSA) is 57.7 Å². The van der Waals surface area contributed by atoms with Crippen molar-refractivity contribution in [2.45, 2.75) is 43.4 Å². The summed E-state index contributed by atoms with van der Waals surface area (Å²) in [6, 6.07) is 6.32. The van der Waals surface area contributed by atoms with Gasteiger partial charge < -0.3 is 4.90 Å². The number of halogens is 1. The van der Waals surface area contributed by atoms with E-state index < -0.39 is 10.0 Å². The van der Waals surface area contributed by atoms with Gasteiger partial charge in [0.05, 0.1) is 4.90 Å². The Morgan fingerprint density at radius 3 is 2.44 bits per heavy atom. The van der Waals surface area contributed by atoms with Gasteiger partial charge in [0.2, 0.25) is 15.9 Å². The Balaban J connectivity index is 1.53. The quantitative estimate of drug-likeness (QED) is 0.783. The van der Waals surface area contributed by atoms with Gasteiger partial charge in [-0.05, 0) is 30.5 Å². The molecule has 0 unspecified atom stereocenters. The maximum absolute atomic E-state index is 12.7. The first-order valence-electron chi connectivity index (χ1n) is 9.00. The zero-order chi connectivity index (χ0) is 17.9. The molecule has 0 aromatic heterocycles. The first kappa shape index (κ1) is 18.7. The van der Waals surface area contributed by atoms with E-state index >= 15 is 0 Å². The van der Waals surface area contributed by atoms with Crippen LogP contribution in [0.15, 0.2) is 29.2 Å². The molecule has 0 bridgehead atoms. The van der Waals surface area contributed by atoms with Gasteiger partial charge in [-0.15, -0.1) is 0 Å². The molecule has 1 amide bonds. The summed E-state index contributed by atoms with van der Waals surface area (Å²) in [4.78, 5) is 14.4. The largest absolute Gasteiger partial charge is 0.340 e. The van der Waals surface area contributed by atoms with Crippen molar-refractivity contribution < 1.29 is 13.2 Å². The van der Waals surface area contributed by atoms with Crippen LogP contribution in [-0.4, -0.2) is 49.7 Å². The number of rotatable bonds is 5. The molecule has 1 saturated carbocycles. The van der Waals surface area contributed by atoms with E-state index in [9.17, 15) is 13.2 Å². The van der Waals surface area contributed by atoms with Crippen LogP contribution in [0.4, 0.5) is 0 Å². The molecular weight excluding hydrogens is 360 g/mol. The lowest BCUT2D eigenvalue weighted by atomic mass is 10.0. The highest BCUT2D eigenvalue weighted by molar-refractivity contribution is 7.89. The van der Waals surface area contributed by atoms with E-state index in [2.05, 4.69) is 0 Å². The molecule has 0 N–H and O–H groups in total. The van der Waals surface area contributed by atoms with Crippen molar-refractivity contribution in [3.8, 4) is 0 Å². The van der Waals surface area contributed by atoms with Crippen molar-refractivity contribution in [2.24, 2.45) is 5.92 Å². The van der Waals surface area contributed by atoms with Crippen LogP contribution >= 0.6 is 11.6 Å². The summed E-state index contributed by atoms with van der Waals surface area (Å²) >= 11 is 5.91. The van der Waals surface area contributed by atoms with E-state index in [4.69, 9.17) is 11.6 Å². The number of hydrogen-bond donors (Lipinski definition) is 0. The van der Waals surface area contributed by atoms with E-state index in [0.29, 0.717) is 43.5 Å². The van der Waals surface area contributed by atoms with E-state index in [1.807, 2.05) is 0 Å². The van der Waals surface area contributed by atoms with E-state index in [0.717, 1.165) is 6.42 Å². The molecule has 5 nitrogen and oxygen atoms in total. The molecule has 1 aromatic rings. The van der Waals surface area contributed by atoms with Crippen LogP contribution < -0.4 is 0 Å². The number of piperazine rings is 1. The average Bonchev–Trinajstić information content (AvgIpc) is 3.13. The average molecular weight is 385 g/mol. The maximum atomic E-state index is 12.7. The number of carbonyl (C=O) groups is 1. The highest BCUT2D eigenvalue weighted by atomic mass is 35.5. The third-order valence-electron chi connectivity index (χ3n) is 5.27. The van der Waals surface area contributed by atoms with Gasteiger partial charge >= 0.3 is 0 Å². The fourth-order valence-electron chi connectivity index (χ4n) is 3.74. The molecule has 1 heterocycles. The molecule has 25 heavy (non-hydrogen) atoms. The summed E-state index contributed by atoms with van der Waals surface area (Å²) < 4.78 is 26.8. The molecule has 2 aliphatic rings. The molecule has 1 aliphatic carbocycles. The summed E-state index contributed by atoms with van der Waals surface area (Å²) in [5.74, 6) is 0.861. The summed E-state index contributed by atoms with van der Waals surface area (Å²) in [5, 5.41) is 0.404. The molecular formula is C18H25ClN2O3S. The van der Waals surface area contributed by atoms with Gasteiger partial charge in [-0.2, -0.15) is 4.31 Å². The molecule has 1 aliphatic heterocycles. The standard InChI is InChI=1S/C18H25ClN2O3S/c19-16-6-3-7-17(14-16)25(23,24)21-12-10-20(11-13-21)18(22)9-8-15-4-1-2-5-15/h3,6-7,14-15H,1-2,4-5,8-13H2. The predicted octanol–water partition coefficient (Wildman–Crippen LogP) is 3.14. The predicted molar refractivity (Wildman–Crippen MR) is 98.0 cm³/mol. The highest BCUT2D eigenvalue weighted by Crippen LogP contribution is 2.29. The summed E-state index contributed by atoms with van der Waals surface area (Å²) in [7, 11) is -3.55. The second-order valence-electron chi connectivity index (χ2n) is 6.93. The zero-order valence-electron chi connectivity index (χ0n) is 14.4. The van der Waals surface area contributed by atoms with Crippen molar-refractivity contribution in [1.82, 2.24) is 9.21 Å². The van der Waals surface area contributed by atoms with Crippen LogP contribution in [0, 0.1) is 5.92 Å². The van der Waals surface area contributed by atoms with Crippen LogP contribution in [0.3, 0.4) is 0 Å². The molecule has 7 heteroatoms. The lowest BCUT2D eigenvalue weighted by molar-refractivity contribution is -0.132. The normalized spacial score (nSPS) is 20.1. The number of carbonyl (C=O) groups excluding carboxylic acids is 1. The maximum Gasteiger partial charge on any atom is 0.243 e. The Bertz CT molecular complexity index is 709. The van der Waals surface area contributed by atoms with Crippen molar-refractivity contribution in [1.29, 1.82) is 0 Å². The van der Waals surface area contributed by atoms with Crippen molar-refractivity contribution in [2.75, 3.05) is 26.2 Å². The molecule has 1 aromatic carbocycles. The Morgan fingerprint density at radius 1 is 1.12 bits per heavy atom. The van der Waals surface area contributed by atoms with Crippen LogP contribution in [0.1, 0.15) is 38.5 Å². The SMILES string of the molecule is O=C(CCC1CCCC1)N1CCN(S(=O)(=O)c2cccc(Cl)c2)CC1. The Kier molecular flexibility index (Phi) is 6.02. The Morgan fingerprint density at radius 2 is 1.80 bits per heavy atom. The minimum atomic E-state index is -3.55. The second-order valence-corrected chi connectivity index (χ2v) is 9.31. The van der Waals surface area contributed by atoms with E-state index in [1.165, 1.54) is 36.1 Å². The van der Waals surface area contributed by atoms with Gasteiger partial charge in [0.1, 0.15) is 0 Å². The zero-order valence-corrected chi connectivity index (χ0v) is 15.9. The minimum Gasteiger partial charge on any atom is -0.340 e. The minimum absolute atomic E-state index is 0.159. The second kappa shape index (κ2) is 8.06. The number of sulfonamides is 1. The first-order valence-corrected chi connectivity index (χ1v) is 10.8. The summed E-state index contributed by atoms with van der Waals surface area (Å²) in [5.41, 5.74) is 0. The van der Waals surface area contributed by atoms with Gasteiger partial charge in [-0.1, -0.05) is 43.4 Å². The lowest BCUT2D eigenvalue weighted by Crippen LogP contribution is -2.50. The summed E-state index contributed by atoms with van der Waals surface area (Å²) in [6.45, 7) is 1.60. The van der Waals surface area contributed by atoms with Gasteiger partial charge in [-0.25, -0.2) is 8.42 Å². The Hall–Kier alpha value is -1.11. The molecule has 0 atom stereocenters. The molecule has 3 rings (SSSR count). The third-order valence-corrected chi connectivity index (χ3v) is 7.40. The number of nitrogens with zero attached hydrogens (tertiary/aromatic N) is 2. The molecule has 1 saturated heterocycles. The van der Waals surface area contributed by atoms with Crippen LogP contribution in [0.25, 0.3) is 0 Å². The summed E-state index contributed by atoms with van der Waals surface area (Å²) in [6.07, 6.45) is 6.64. The fourth-order valence-corrected chi connectivity index (χ4v) is 5.46. The van der Waals surface area contributed by atoms with E-state index in [1.54, 1.807) is 23.1 Å². The van der Waals surface area contributed by atoms with Crippen LogP contribution in [-0.2, 0) is 14.8 Å². The van der Waals surface area contributed by atoms with E-state index in [-0.39, 0.29) is 10.8 Å². The molecule has 0 radical (unpaired) electrons. The van der Waals surface area contributed by atoms with Gasteiger partial charge in [0.15, 0.2) is 0 Å². The van der Waals surface area contributed by atoms with Crippen LogP contribution in [0.2, 0.25) is 5.02 Å². The van der Waals surface area contributed by atoms with Gasteiger partial charge in [0, 0.05) is 37.6 Å². The molecule has 0 spiro atoms. The monoisotopic (exact) mass is 384 g/mol. The first-order chi connectivity index (χ1) is 12.0.